The molecule has 1 aliphatic carbocycles. The molecule has 1 saturated carbocycles. The van der Waals surface area contributed by atoms with Crippen LogP contribution in [0.4, 0.5) is 5.82 Å². The van der Waals surface area contributed by atoms with Gasteiger partial charge in [-0.2, -0.15) is 4.98 Å². The first-order chi connectivity index (χ1) is 8.74. The SMILES string of the molecule is CCOc1cc(N(CCN)C2CCC2)nc(C)n1. The van der Waals surface area contributed by atoms with Gasteiger partial charge in [-0.15, -0.1) is 0 Å². The minimum Gasteiger partial charge on any atom is -0.478 e. The van der Waals surface area contributed by atoms with Crippen LogP contribution in [0.5, 0.6) is 5.88 Å². The van der Waals surface area contributed by atoms with E-state index in [1.54, 1.807) is 0 Å². The Kier molecular flexibility index (Phi) is 4.36. The van der Waals surface area contributed by atoms with Crippen LogP contribution in [0.15, 0.2) is 6.07 Å². The number of ether oxygens (including phenoxy) is 1. The molecule has 0 amide bonds. The molecule has 0 spiro atoms. The highest BCUT2D eigenvalue weighted by Gasteiger charge is 2.26. The maximum atomic E-state index is 5.70. The molecule has 1 aliphatic rings. The van der Waals surface area contributed by atoms with Gasteiger partial charge in [0.25, 0.3) is 0 Å². The number of anilines is 1. The summed E-state index contributed by atoms with van der Waals surface area (Å²) >= 11 is 0. The van der Waals surface area contributed by atoms with Crippen LogP contribution in [0.25, 0.3) is 0 Å². The summed E-state index contributed by atoms with van der Waals surface area (Å²) in [5.41, 5.74) is 5.70. The Bertz CT molecular complexity index is 393. The second-order valence-electron chi connectivity index (χ2n) is 4.61. The van der Waals surface area contributed by atoms with E-state index in [2.05, 4.69) is 14.9 Å². The molecule has 0 bridgehead atoms. The van der Waals surface area contributed by atoms with Gasteiger partial charge in [0.05, 0.1) is 6.61 Å². The quantitative estimate of drug-likeness (QED) is 0.829. The standard InChI is InChI=1S/C13H22N4O/c1-3-18-13-9-12(15-10(2)16-13)17(8-7-14)11-5-4-6-11/h9,11H,3-8,14H2,1-2H3. The van der Waals surface area contributed by atoms with Crippen molar-refractivity contribution in [2.24, 2.45) is 5.73 Å². The van der Waals surface area contributed by atoms with Crippen LogP contribution in [0.2, 0.25) is 0 Å². The molecule has 5 heteroatoms. The number of nitrogens with two attached hydrogens (primary N) is 1. The van der Waals surface area contributed by atoms with Crippen LogP contribution < -0.4 is 15.4 Å². The van der Waals surface area contributed by atoms with Gasteiger partial charge in [0.2, 0.25) is 5.88 Å². The van der Waals surface area contributed by atoms with Gasteiger partial charge < -0.3 is 15.4 Å². The molecule has 5 nitrogen and oxygen atoms in total. The summed E-state index contributed by atoms with van der Waals surface area (Å²) in [7, 11) is 0. The fourth-order valence-electron chi connectivity index (χ4n) is 2.22. The van der Waals surface area contributed by atoms with Crippen molar-refractivity contribution in [1.29, 1.82) is 0 Å². The normalized spacial score (nSPS) is 15.3. The minimum atomic E-state index is 0.581. The Balaban J connectivity index is 2.22. The summed E-state index contributed by atoms with van der Waals surface area (Å²) in [5.74, 6) is 2.35. The molecule has 18 heavy (non-hydrogen) atoms. The molecular weight excluding hydrogens is 228 g/mol. The van der Waals surface area contributed by atoms with Crippen LogP contribution in [0, 0.1) is 6.92 Å². The molecule has 100 valence electrons. The van der Waals surface area contributed by atoms with E-state index in [0.29, 0.717) is 25.1 Å². The van der Waals surface area contributed by atoms with Crippen LogP contribution in [0.1, 0.15) is 32.0 Å². The number of aromatic nitrogens is 2. The number of hydrogen-bond acceptors (Lipinski definition) is 5. The van der Waals surface area contributed by atoms with Crippen LogP contribution in [-0.2, 0) is 0 Å². The maximum absolute atomic E-state index is 5.70. The topological polar surface area (TPSA) is 64.3 Å². The molecule has 0 aliphatic heterocycles. The third-order valence-electron chi connectivity index (χ3n) is 3.27. The van der Waals surface area contributed by atoms with Crippen molar-refractivity contribution in [2.45, 2.75) is 39.2 Å². The fourth-order valence-corrected chi connectivity index (χ4v) is 2.22. The molecule has 1 heterocycles. The number of nitrogens with zero attached hydrogens (tertiary/aromatic N) is 3. The highest BCUT2D eigenvalue weighted by Crippen LogP contribution is 2.29. The first-order valence-corrected chi connectivity index (χ1v) is 6.69. The maximum Gasteiger partial charge on any atom is 0.218 e. The summed E-state index contributed by atoms with van der Waals surface area (Å²) in [4.78, 5) is 11.1. The van der Waals surface area contributed by atoms with E-state index < -0.39 is 0 Å². The van der Waals surface area contributed by atoms with E-state index in [-0.39, 0.29) is 0 Å². The van der Waals surface area contributed by atoms with E-state index in [0.717, 1.165) is 18.2 Å². The molecule has 1 fully saturated rings. The Labute approximate surface area is 108 Å². The van der Waals surface area contributed by atoms with Crippen molar-refractivity contribution in [1.82, 2.24) is 9.97 Å². The Morgan fingerprint density at radius 3 is 2.78 bits per heavy atom. The molecule has 2 N–H and O–H groups in total. The average Bonchev–Trinajstić information content (AvgIpc) is 2.25. The zero-order valence-corrected chi connectivity index (χ0v) is 11.2. The summed E-state index contributed by atoms with van der Waals surface area (Å²) in [6.45, 7) is 5.96. The molecule has 0 radical (unpaired) electrons. The van der Waals surface area contributed by atoms with Crippen LogP contribution in [-0.4, -0.2) is 35.7 Å². The molecule has 0 aromatic carbocycles. The molecule has 0 saturated heterocycles. The number of rotatable bonds is 6. The number of hydrogen-bond donors (Lipinski definition) is 1. The lowest BCUT2D eigenvalue weighted by Gasteiger charge is -2.38. The zero-order valence-electron chi connectivity index (χ0n) is 11.2. The van der Waals surface area contributed by atoms with E-state index in [1.807, 2.05) is 19.9 Å². The smallest absolute Gasteiger partial charge is 0.218 e. The largest absolute Gasteiger partial charge is 0.478 e. The second kappa shape index (κ2) is 6.00. The van der Waals surface area contributed by atoms with Gasteiger partial charge in [0.15, 0.2) is 0 Å². The van der Waals surface area contributed by atoms with Crippen LogP contribution >= 0.6 is 0 Å². The average molecular weight is 250 g/mol. The zero-order chi connectivity index (χ0) is 13.0. The van der Waals surface area contributed by atoms with Gasteiger partial charge in [-0.05, 0) is 33.1 Å². The second-order valence-corrected chi connectivity index (χ2v) is 4.61. The third-order valence-corrected chi connectivity index (χ3v) is 3.27. The molecule has 0 unspecified atom stereocenters. The summed E-state index contributed by atoms with van der Waals surface area (Å²) in [6.07, 6.45) is 3.76. The van der Waals surface area contributed by atoms with Crippen molar-refractivity contribution in [3.05, 3.63) is 11.9 Å². The minimum absolute atomic E-state index is 0.581. The monoisotopic (exact) mass is 250 g/mol. The Hall–Kier alpha value is -1.36. The molecule has 0 atom stereocenters. The summed E-state index contributed by atoms with van der Waals surface area (Å²) in [6, 6.07) is 2.50. The molecule has 1 aromatic heterocycles. The molecule has 1 aromatic rings. The number of aryl methyl sites for hydroxylation is 1. The van der Waals surface area contributed by atoms with Crippen molar-refractivity contribution in [2.75, 3.05) is 24.6 Å². The summed E-state index contributed by atoms with van der Waals surface area (Å²) in [5, 5.41) is 0. The predicted molar refractivity (Wildman–Crippen MR) is 72.0 cm³/mol. The predicted octanol–water partition coefficient (Wildman–Crippen LogP) is 1.50. The van der Waals surface area contributed by atoms with Crippen molar-refractivity contribution in [3.63, 3.8) is 0 Å². The highest BCUT2D eigenvalue weighted by atomic mass is 16.5. The lowest BCUT2D eigenvalue weighted by Crippen LogP contribution is -2.43. The van der Waals surface area contributed by atoms with E-state index in [4.69, 9.17) is 10.5 Å². The summed E-state index contributed by atoms with van der Waals surface area (Å²) < 4.78 is 5.48. The Morgan fingerprint density at radius 2 is 2.22 bits per heavy atom. The van der Waals surface area contributed by atoms with E-state index in [1.165, 1.54) is 19.3 Å². The Morgan fingerprint density at radius 1 is 1.44 bits per heavy atom. The van der Waals surface area contributed by atoms with Crippen molar-refractivity contribution < 1.29 is 4.74 Å². The van der Waals surface area contributed by atoms with Gasteiger partial charge >= 0.3 is 0 Å². The first kappa shape index (κ1) is 13.1. The van der Waals surface area contributed by atoms with Crippen molar-refractivity contribution >= 4 is 5.82 Å². The van der Waals surface area contributed by atoms with Gasteiger partial charge in [0.1, 0.15) is 11.6 Å². The molecular formula is C13H22N4O. The van der Waals surface area contributed by atoms with Crippen LogP contribution in [0.3, 0.4) is 0 Å². The third kappa shape index (κ3) is 2.90. The molecule has 2 rings (SSSR count). The van der Waals surface area contributed by atoms with E-state index in [9.17, 15) is 0 Å². The van der Waals surface area contributed by atoms with E-state index >= 15 is 0 Å². The van der Waals surface area contributed by atoms with Crippen molar-refractivity contribution in [3.8, 4) is 5.88 Å². The highest BCUT2D eigenvalue weighted by molar-refractivity contribution is 5.43. The van der Waals surface area contributed by atoms with Gasteiger partial charge in [0, 0.05) is 25.2 Å². The lowest BCUT2D eigenvalue weighted by atomic mass is 9.91. The fraction of sp³-hybridized carbons (Fsp3) is 0.692. The van der Waals surface area contributed by atoms with Gasteiger partial charge in [-0.25, -0.2) is 4.98 Å². The first-order valence-electron chi connectivity index (χ1n) is 6.69. The van der Waals surface area contributed by atoms with Gasteiger partial charge in [-0.3, -0.25) is 0 Å². The van der Waals surface area contributed by atoms with Gasteiger partial charge in [-0.1, -0.05) is 0 Å². The lowest BCUT2D eigenvalue weighted by molar-refractivity contribution is 0.324.